The molecule has 1 fully saturated rings. The molecule has 0 N–H and O–H groups in total. The zero-order valence-corrected chi connectivity index (χ0v) is 17.5. The Labute approximate surface area is 181 Å². The fourth-order valence-corrected chi connectivity index (χ4v) is 3.74. The standard InChI is InChI=1S/C23H21F5O4/c1-13-18(15-10-11-16(24)19(25)20(15)30-3)21(32-22(13,2)23(26,27)28)31-17(29)12-9-14-7-5-4-6-8-14/h4-13,18,21H,1-3H3/b12-9+/t13-,18-,21+,22+/m0/s1. The normalized spacial score (nSPS) is 25.8. The Morgan fingerprint density at radius 2 is 1.78 bits per heavy atom. The van der Waals surface area contributed by atoms with Crippen LogP contribution in [-0.2, 0) is 14.3 Å². The number of hydrogen-bond acceptors (Lipinski definition) is 4. The number of alkyl halides is 3. The Morgan fingerprint density at radius 3 is 2.38 bits per heavy atom. The molecule has 9 heteroatoms. The lowest BCUT2D eigenvalue weighted by molar-refractivity contribution is -0.293. The van der Waals surface area contributed by atoms with Gasteiger partial charge in [0.2, 0.25) is 12.1 Å². The van der Waals surface area contributed by atoms with Crippen LogP contribution in [0.15, 0.2) is 48.5 Å². The minimum Gasteiger partial charge on any atom is -0.493 e. The summed E-state index contributed by atoms with van der Waals surface area (Å²) in [4.78, 5) is 12.4. The van der Waals surface area contributed by atoms with Crippen LogP contribution in [0, 0.1) is 17.6 Å². The first-order valence-electron chi connectivity index (χ1n) is 9.69. The molecule has 4 nitrogen and oxygen atoms in total. The molecule has 2 aromatic carbocycles. The SMILES string of the molecule is COc1c([C@H]2[C@H](OC(=O)/C=C/c3ccccc3)O[C@@](C)(C(F)(F)F)[C@H]2C)ccc(F)c1F. The molecule has 1 aliphatic heterocycles. The van der Waals surface area contributed by atoms with E-state index in [2.05, 4.69) is 0 Å². The zero-order valence-electron chi connectivity index (χ0n) is 17.5. The summed E-state index contributed by atoms with van der Waals surface area (Å²) in [5.74, 6) is -6.71. The molecule has 0 aliphatic carbocycles. The molecule has 0 bridgehead atoms. The average Bonchev–Trinajstić information content (AvgIpc) is 3.00. The van der Waals surface area contributed by atoms with E-state index in [1.54, 1.807) is 30.3 Å². The molecule has 4 atom stereocenters. The number of benzene rings is 2. The fraction of sp³-hybridized carbons (Fsp3) is 0.348. The maximum atomic E-state index is 14.3. The lowest BCUT2D eigenvalue weighted by atomic mass is 9.79. The van der Waals surface area contributed by atoms with Crippen molar-refractivity contribution in [2.24, 2.45) is 5.92 Å². The van der Waals surface area contributed by atoms with Crippen LogP contribution < -0.4 is 4.74 Å². The van der Waals surface area contributed by atoms with E-state index in [-0.39, 0.29) is 5.56 Å². The number of carbonyl (C=O) groups is 1. The molecule has 0 unspecified atom stereocenters. The van der Waals surface area contributed by atoms with Crippen LogP contribution in [0.5, 0.6) is 5.75 Å². The van der Waals surface area contributed by atoms with Gasteiger partial charge in [0, 0.05) is 17.6 Å². The number of esters is 1. The van der Waals surface area contributed by atoms with Crippen LogP contribution in [-0.4, -0.2) is 31.1 Å². The van der Waals surface area contributed by atoms with Gasteiger partial charge >= 0.3 is 12.1 Å². The third-order valence-electron chi connectivity index (χ3n) is 5.71. The Hall–Kier alpha value is -2.94. The molecule has 32 heavy (non-hydrogen) atoms. The van der Waals surface area contributed by atoms with E-state index in [9.17, 15) is 26.7 Å². The quantitative estimate of drug-likeness (QED) is 0.333. The summed E-state index contributed by atoms with van der Waals surface area (Å²) in [6, 6.07) is 10.6. The molecular weight excluding hydrogens is 435 g/mol. The summed E-state index contributed by atoms with van der Waals surface area (Å²) in [7, 11) is 1.06. The van der Waals surface area contributed by atoms with Gasteiger partial charge in [-0.25, -0.2) is 9.18 Å². The van der Waals surface area contributed by atoms with Gasteiger partial charge in [0.25, 0.3) is 0 Å². The smallest absolute Gasteiger partial charge is 0.417 e. The Morgan fingerprint density at radius 1 is 1.12 bits per heavy atom. The van der Waals surface area contributed by atoms with Crippen molar-refractivity contribution in [3.05, 3.63) is 71.3 Å². The van der Waals surface area contributed by atoms with E-state index >= 15 is 0 Å². The minimum absolute atomic E-state index is 0.100. The van der Waals surface area contributed by atoms with E-state index in [4.69, 9.17) is 14.2 Å². The molecule has 0 radical (unpaired) electrons. The lowest BCUT2D eigenvalue weighted by Gasteiger charge is -2.31. The van der Waals surface area contributed by atoms with Gasteiger partial charge in [-0.3, -0.25) is 0 Å². The van der Waals surface area contributed by atoms with Crippen molar-refractivity contribution < 1.29 is 41.0 Å². The summed E-state index contributed by atoms with van der Waals surface area (Å²) >= 11 is 0. The minimum atomic E-state index is -4.82. The van der Waals surface area contributed by atoms with Crippen LogP contribution in [0.4, 0.5) is 22.0 Å². The number of carbonyl (C=O) groups excluding carboxylic acids is 1. The highest BCUT2D eigenvalue weighted by molar-refractivity contribution is 5.87. The maximum Gasteiger partial charge on any atom is 0.417 e. The van der Waals surface area contributed by atoms with Gasteiger partial charge in [-0.2, -0.15) is 17.6 Å². The molecule has 1 aliphatic rings. The van der Waals surface area contributed by atoms with Crippen LogP contribution in [0.2, 0.25) is 0 Å². The predicted octanol–water partition coefficient (Wildman–Crippen LogP) is 5.63. The van der Waals surface area contributed by atoms with E-state index in [1.165, 1.54) is 13.0 Å². The van der Waals surface area contributed by atoms with Crippen LogP contribution >= 0.6 is 0 Å². The van der Waals surface area contributed by atoms with Crippen molar-refractivity contribution in [1.29, 1.82) is 0 Å². The monoisotopic (exact) mass is 456 g/mol. The summed E-state index contributed by atoms with van der Waals surface area (Å²) < 4.78 is 84.8. The number of halogens is 5. The maximum absolute atomic E-state index is 14.3. The summed E-state index contributed by atoms with van der Waals surface area (Å²) in [5, 5.41) is 0. The fourth-order valence-electron chi connectivity index (χ4n) is 3.74. The van der Waals surface area contributed by atoms with Crippen molar-refractivity contribution in [3.63, 3.8) is 0 Å². The van der Waals surface area contributed by atoms with Crippen molar-refractivity contribution >= 4 is 12.0 Å². The number of ether oxygens (including phenoxy) is 3. The molecule has 0 spiro atoms. The average molecular weight is 456 g/mol. The molecule has 0 aromatic heterocycles. The highest BCUT2D eigenvalue weighted by atomic mass is 19.4. The van der Waals surface area contributed by atoms with Crippen LogP contribution in [0.3, 0.4) is 0 Å². The summed E-state index contributed by atoms with van der Waals surface area (Å²) in [6.07, 6.45) is -4.07. The van der Waals surface area contributed by atoms with E-state index in [1.807, 2.05) is 0 Å². The Kier molecular flexibility index (Phi) is 6.59. The van der Waals surface area contributed by atoms with E-state index in [0.717, 1.165) is 32.2 Å². The summed E-state index contributed by atoms with van der Waals surface area (Å²) in [6.45, 7) is 2.07. The van der Waals surface area contributed by atoms with E-state index < -0.39 is 53.3 Å². The van der Waals surface area contributed by atoms with E-state index in [0.29, 0.717) is 5.56 Å². The van der Waals surface area contributed by atoms with Gasteiger partial charge in [0.15, 0.2) is 17.2 Å². The topological polar surface area (TPSA) is 44.8 Å². The second-order valence-electron chi connectivity index (χ2n) is 7.57. The molecule has 2 aromatic rings. The Balaban J connectivity index is 1.98. The third kappa shape index (κ3) is 4.34. The highest BCUT2D eigenvalue weighted by Gasteiger charge is 2.65. The second-order valence-corrected chi connectivity index (χ2v) is 7.57. The lowest BCUT2D eigenvalue weighted by Crippen LogP contribution is -2.47. The van der Waals surface area contributed by atoms with Crippen LogP contribution in [0.25, 0.3) is 6.08 Å². The van der Waals surface area contributed by atoms with Gasteiger partial charge in [-0.1, -0.05) is 43.3 Å². The first-order chi connectivity index (χ1) is 15.0. The van der Waals surface area contributed by atoms with Crippen molar-refractivity contribution in [2.75, 3.05) is 7.11 Å². The van der Waals surface area contributed by atoms with Gasteiger partial charge in [0.05, 0.1) is 13.0 Å². The molecule has 3 rings (SSSR count). The van der Waals surface area contributed by atoms with Gasteiger partial charge in [-0.05, 0) is 24.6 Å². The molecular formula is C23H21F5O4. The van der Waals surface area contributed by atoms with Crippen LogP contribution in [0.1, 0.15) is 30.9 Å². The second kappa shape index (κ2) is 8.90. The first-order valence-corrected chi connectivity index (χ1v) is 9.69. The first kappa shape index (κ1) is 23.7. The summed E-state index contributed by atoms with van der Waals surface area (Å²) in [5.41, 5.74) is -2.14. The molecule has 1 heterocycles. The Bertz CT molecular complexity index is 1010. The molecule has 1 saturated heterocycles. The van der Waals surface area contributed by atoms with Gasteiger partial charge in [0.1, 0.15) is 0 Å². The van der Waals surface area contributed by atoms with Crippen molar-refractivity contribution in [2.45, 2.75) is 37.8 Å². The molecule has 172 valence electrons. The van der Waals surface area contributed by atoms with Gasteiger partial charge in [-0.15, -0.1) is 0 Å². The van der Waals surface area contributed by atoms with Crippen molar-refractivity contribution in [1.82, 2.24) is 0 Å². The number of methoxy groups -OCH3 is 1. The largest absolute Gasteiger partial charge is 0.493 e. The zero-order chi connectivity index (χ0) is 23.7. The van der Waals surface area contributed by atoms with Crippen molar-refractivity contribution in [3.8, 4) is 5.75 Å². The number of rotatable bonds is 5. The van der Waals surface area contributed by atoms with Gasteiger partial charge < -0.3 is 14.2 Å². The molecule has 0 amide bonds. The number of hydrogen-bond donors (Lipinski definition) is 0. The predicted molar refractivity (Wildman–Crippen MR) is 106 cm³/mol. The molecule has 0 saturated carbocycles. The third-order valence-corrected chi connectivity index (χ3v) is 5.71. The highest BCUT2D eigenvalue weighted by Crippen LogP contribution is 2.55.